The van der Waals surface area contributed by atoms with Gasteiger partial charge in [0, 0.05) is 18.1 Å². The molecule has 1 saturated carbocycles. The Morgan fingerprint density at radius 3 is 2.50 bits per heavy atom. The van der Waals surface area contributed by atoms with Gasteiger partial charge < -0.3 is 10.8 Å². The normalized spacial score (nSPS) is 28.7. The van der Waals surface area contributed by atoms with Gasteiger partial charge in [-0.15, -0.1) is 0 Å². The third kappa shape index (κ3) is 4.52. The fourth-order valence-electron chi connectivity index (χ4n) is 3.31. The van der Waals surface area contributed by atoms with Gasteiger partial charge in [0.2, 0.25) is 0 Å². The van der Waals surface area contributed by atoms with Crippen LogP contribution < -0.4 is 5.73 Å². The highest BCUT2D eigenvalue weighted by Crippen LogP contribution is 2.28. The number of aliphatic hydroxyl groups excluding tert-OH is 1. The van der Waals surface area contributed by atoms with Crippen LogP contribution in [0.1, 0.15) is 52.9 Å². The molecule has 1 aliphatic rings. The Hall–Kier alpha value is -0.120. The lowest BCUT2D eigenvalue weighted by molar-refractivity contribution is 0.0604. The molecule has 0 saturated heterocycles. The van der Waals surface area contributed by atoms with Gasteiger partial charge in [0.25, 0.3) is 0 Å². The number of nitrogens with two attached hydrogens (primary N) is 1. The third-order valence-electron chi connectivity index (χ3n) is 4.43. The lowest BCUT2D eigenvalue weighted by Crippen LogP contribution is -2.53. The second-order valence-electron chi connectivity index (χ2n) is 6.63. The highest BCUT2D eigenvalue weighted by atomic mass is 16.3. The van der Waals surface area contributed by atoms with Gasteiger partial charge in [-0.2, -0.15) is 0 Å². The van der Waals surface area contributed by atoms with Gasteiger partial charge in [-0.05, 0) is 38.1 Å². The van der Waals surface area contributed by atoms with Gasteiger partial charge in [-0.25, -0.2) is 0 Å². The van der Waals surface area contributed by atoms with Crippen LogP contribution in [0, 0.1) is 11.8 Å². The van der Waals surface area contributed by atoms with Crippen LogP contribution in [-0.2, 0) is 0 Å². The SMILES string of the molecule is CC(C)CC(N)C(CO)N(C)C1CCCC(C)C1. The monoisotopic (exact) mass is 256 g/mol. The molecule has 18 heavy (non-hydrogen) atoms. The molecule has 108 valence electrons. The van der Waals surface area contributed by atoms with E-state index in [0.717, 1.165) is 12.3 Å². The van der Waals surface area contributed by atoms with Crippen molar-refractivity contribution in [2.24, 2.45) is 17.6 Å². The molecule has 0 radical (unpaired) electrons. The van der Waals surface area contributed by atoms with Crippen LogP contribution in [0.2, 0.25) is 0 Å². The van der Waals surface area contributed by atoms with Crippen LogP contribution >= 0.6 is 0 Å². The van der Waals surface area contributed by atoms with Crippen LogP contribution in [0.4, 0.5) is 0 Å². The van der Waals surface area contributed by atoms with E-state index in [9.17, 15) is 5.11 Å². The lowest BCUT2D eigenvalue weighted by atomic mass is 9.85. The zero-order chi connectivity index (χ0) is 13.7. The van der Waals surface area contributed by atoms with Crippen molar-refractivity contribution in [3.05, 3.63) is 0 Å². The second-order valence-corrected chi connectivity index (χ2v) is 6.63. The average molecular weight is 256 g/mol. The molecule has 0 aromatic heterocycles. The third-order valence-corrected chi connectivity index (χ3v) is 4.43. The van der Waals surface area contributed by atoms with Crippen LogP contribution in [0.15, 0.2) is 0 Å². The summed E-state index contributed by atoms with van der Waals surface area (Å²) in [5.74, 6) is 1.40. The Morgan fingerprint density at radius 1 is 1.33 bits per heavy atom. The van der Waals surface area contributed by atoms with Gasteiger partial charge in [0.1, 0.15) is 0 Å². The summed E-state index contributed by atoms with van der Waals surface area (Å²) in [7, 11) is 2.14. The lowest BCUT2D eigenvalue weighted by Gasteiger charge is -2.40. The molecule has 1 aliphatic carbocycles. The van der Waals surface area contributed by atoms with Crippen molar-refractivity contribution in [1.82, 2.24) is 4.90 Å². The van der Waals surface area contributed by atoms with Crippen molar-refractivity contribution in [3.63, 3.8) is 0 Å². The first-order valence-corrected chi connectivity index (χ1v) is 7.54. The fourth-order valence-corrected chi connectivity index (χ4v) is 3.31. The molecule has 0 spiro atoms. The quantitative estimate of drug-likeness (QED) is 0.766. The van der Waals surface area contributed by atoms with E-state index in [1.807, 2.05) is 0 Å². The van der Waals surface area contributed by atoms with E-state index in [1.54, 1.807) is 0 Å². The molecule has 4 unspecified atom stereocenters. The zero-order valence-corrected chi connectivity index (χ0v) is 12.6. The first kappa shape index (κ1) is 15.9. The smallest absolute Gasteiger partial charge is 0.0601 e. The number of nitrogens with zero attached hydrogens (tertiary/aromatic N) is 1. The predicted molar refractivity (Wildman–Crippen MR) is 77.5 cm³/mol. The van der Waals surface area contributed by atoms with E-state index in [2.05, 4.69) is 32.7 Å². The minimum absolute atomic E-state index is 0.0808. The molecule has 3 nitrogen and oxygen atoms in total. The largest absolute Gasteiger partial charge is 0.395 e. The number of hydrogen-bond donors (Lipinski definition) is 2. The predicted octanol–water partition coefficient (Wildman–Crippen LogP) is 2.23. The van der Waals surface area contributed by atoms with Gasteiger partial charge >= 0.3 is 0 Å². The Labute approximate surface area is 113 Å². The maximum Gasteiger partial charge on any atom is 0.0601 e. The first-order valence-electron chi connectivity index (χ1n) is 7.54. The minimum Gasteiger partial charge on any atom is -0.395 e. The van der Waals surface area contributed by atoms with Crippen molar-refractivity contribution < 1.29 is 5.11 Å². The molecule has 4 atom stereocenters. The summed E-state index contributed by atoms with van der Waals surface area (Å²) in [5, 5.41) is 9.65. The van der Waals surface area contributed by atoms with E-state index in [0.29, 0.717) is 12.0 Å². The summed E-state index contributed by atoms with van der Waals surface area (Å²) in [6, 6.07) is 0.795. The van der Waals surface area contributed by atoms with Gasteiger partial charge in [-0.3, -0.25) is 4.90 Å². The molecule has 0 bridgehead atoms. The molecule has 0 amide bonds. The van der Waals surface area contributed by atoms with Crippen molar-refractivity contribution in [2.75, 3.05) is 13.7 Å². The van der Waals surface area contributed by atoms with Crippen LogP contribution in [0.5, 0.6) is 0 Å². The first-order chi connectivity index (χ1) is 8.45. The summed E-state index contributed by atoms with van der Waals surface area (Å²) in [4.78, 5) is 2.35. The molecule has 3 heteroatoms. The molecule has 0 aromatic carbocycles. The molecule has 1 fully saturated rings. The second kappa shape index (κ2) is 7.46. The van der Waals surface area contributed by atoms with Crippen molar-refractivity contribution in [2.45, 2.75) is 71.0 Å². The standard InChI is InChI=1S/C15H32N2O/c1-11(2)8-14(16)15(10-18)17(4)13-7-5-6-12(3)9-13/h11-15,18H,5-10,16H2,1-4H3. The topological polar surface area (TPSA) is 49.5 Å². The number of aliphatic hydroxyl groups is 1. The van der Waals surface area contributed by atoms with Crippen LogP contribution in [-0.4, -0.2) is 41.8 Å². The molecule has 0 aromatic rings. The van der Waals surface area contributed by atoms with E-state index in [1.165, 1.54) is 25.7 Å². The number of hydrogen-bond acceptors (Lipinski definition) is 3. The fraction of sp³-hybridized carbons (Fsp3) is 1.00. The van der Waals surface area contributed by atoms with E-state index in [4.69, 9.17) is 5.73 Å². The van der Waals surface area contributed by atoms with Crippen molar-refractivity contribution in [1.29, 1.82) is 0 Å². The molecular formula is C15H32N2O. The maximum atomic E-state index is 9.65. The molecule has 3 N–H and O–H groups in total. The van der Waals surface area contributed by atoms with E-state index in [-0.39, 0.29) is 18.7 Å². The highest BCUT2D eigenvalue weighted by molar-refractivity contribution is 4.87. The molecule has 0 aliphatic heterocycles. The van der Waals surface area contributed by atoms with Crippen LogP contribution in [0.3, 0.4) is 0 Å². The minimum atomic E-state index is 0.0808. The Kier molecular flexibility index (Phi) is 6.61. The molecule has 1 rings (SSSR count). The zero-order valence-electron chi connectivity index (χ0n) is 12.6. The molecular weight excluding hydrogens is 224 g/mol. The maximum absolute atomic E-state index is 9.65. The summed E-state index contributed by atoms with van der Waals surface area (Å²) >= 11 is 0. The Bertz CT molecular complexity index is 233. The van der Waals surface area contributed by atoms with Crippen molar-refractivity contribution >= 4 is 0 Å². The van der Waals surface area contributed by atoms with Gasteiger partial charge in [0.15, 0.2) is 0 Å². The van der Waals surface area contributed by atoms with E-state index < -0.39 is 0 Å². The number of rotatable bonds is 6. The van der Waals surface area contributed by atoms with Gasteiger partial charge in [0.05, 0.1) is 6.61 Å². The van der Waals surface area contributed by atoms with Gasteiger partial charge in [-0.1, -0.05) is 33.6 Å². The number of likely N-dealkylation sites (N-methyl/N-ethyl adjacent to an activating group) is 1. The van der Waals surface area contributed by atoms with Crippen molar-refractivity contribution in [3.8, 4) is 0 Å². The molecule has 0 heterocycles. The summed E-state index contributed by atoms with van der Waals surface area (Å²) in [5.41, 5.74) is 6.27. The highest BCUT2D eigenvalue weighted by Gasteiger charge is 2.30. The summed E-state index contributed by atoms with van der Waals surface area (Å²) in [6.45, 7) is 6.89. The van der Waals surface area contributed by atoms with Crippen LogP contribution in [0.25, 0.3) is 0 Å². The summed E-state index contributed by atoms with van der Waals surface area (Å²) in [6.07, 6.45) is 6.16. The average Bonchev–Trinajstić information content (AvgIpc) is 2.28. The van der Waals surface area contributed by atoms with E-state index >= 15 is 0 Å². The Morgan fingerprint density at radius 2 is 2.00 bits per heavy atom. The summed E-state index contributed by atoms with van der Waals surface area (Å²) < 4.78 is 0. The Balaban J connectivity index is 2.57.